The minimum Gasteiger partial charge on any atom is -0.497 e. The monoisotopic (exact) mass is 290 g/mol. The third-order valence-corrected chi connectivity index (χ3v) is 2.91. The molecule has 0 bridgehead atoms. The van der Waals surface area contributed by atoms with E-state index in [1.165, 1.54) is 6.07 Å². The van der Waals surface area contributed by atoms with Gasteiger partial charge in [-0.25, -0.2) is 9.37 Å². The van der Waals surface area contributed by atoms with E-state index in [-0.39, 0.29) is 5.82 Å². The molecule has 0 atom stereocenters. The lowest BCUT2D eigenvalue weighted by Crippen LogP contribution is -2.15. The van der Waals surface area contributed by atoms with Gasteiger partial charge in [-0.15, -0.1) is 0 Å². The van der Waals surface area contributed by atoms with Crippen molar-refractivity contribution in [3.8, 4) is 17.4 Å². The maximum atomic E-state index is 13.3. The number of ether oxygens (including phenoxy) is 2. The smallest absolute Gasteiger partial charge is 0.223 e. The predicted molar refractivity (Wildman–Crippen MR) is 79.3 cm³/mol. The number of halogens is 1. The second-order valence-corrected chi connectivity index (χ2v) is 4.57. The van der Waals surface area contributed by atoms with E-state index in [4.69, 9.17) is 9.47 Å². The van der Waals surface area contributed by atoms with Gasteiger partial charge in [-0.1, -0.05) is 6.92 Å². The summed E-state index contributed by atoms with van der Waals surface area (Å²) < 4.78 is 24.1. The van der Waals surface area contributed by atoms with Crippen LogP contribution < -0.4 is 14.8 Å². The van der Waals surface area contributed by atoms with Gasteiger partial charge >= 0.3 is 0 Å². The van der Waals surface area contributed by atoms with E-state index in [0.29, 0.717) is 23.7 Å². The average molecular weight is 290 g/mol. The minimum absolute atomic E-state index is 0.370. The van der Waals surface area contributed by atoms with E-state index in [1.807, 2.05) is 0 Å². The summed E-state index contributed by atoms with van der Waals surface area (Å²) in [5.74, 6) is 1.42. The predicted octanol–water partition coefficient (Wildman–Crippen LogP) is 3.52. The van der Waals surface area contributed by atoms with Crippen molar-refractivity contribution in [3.63, 3.8) is 0 Å². The van der Waals surface area contributed by atoms with Gasteiger partial charge in [0.25, 0.3) is 0 Å². The van der Waals surface area contributed by atoms with Gasteiger partial charge in [0.15, 0.2) is 0 Å². The van der Waals surface area contributed by atoms with E-state index in [9.17, 15) is 4.39 Å². The Morgan fingerprint density at radius 2 is 1.90 bits per heavy atom. The molecule has 112 valence electrons. The number of pyridine rings is 1. The SMILES string of the molecule is CCCNCc1cc(F)cnc1Oc1ccc(OC)cc1. The lowest BCUT2D eigenvalue weighted by molar-refractivity contribution is 0.411. The number of hydrogen-bond acceptors (Lipinski definition) is 4. The van der Waals surface area contributed by atoms with Gasteiger partial charge in [-0.2, -0.15) is 0 Å². The van der Waals surface area contributed by atoms with E-state index in [1.54, 1.807) is 31.4 Å². The normalized spacial score (nSPS) is 10.4. The number of hydrogen-bond donors (Lipinski definition) is 1. The number of nitrogens with zero attached hydrogens (tertiary/aromatic N) is 1. The standard InChI is InChI=1S/C16H19FN2O2/c1-3-8-18-10-12-9-13(17)11-19-16(12)21-15-6-4-14(20-2)5-7-15/h4-7,9,11,18H,3,8,10H2,1-2H3. The molecule has 1 aromatic heterocycles. The molecule has 0 unspecified atom stereocenters. The Kier molecular flexibility index (Phi) is 5.51. The minimum atomic E-state index is -0.370. The highest BCUT2D eigenvalue weighted by Gasteiger charge is 2.08. The molecule has 2 aromatic rings. The van der Waals surface area contributed by atoms with Crippen molar-refractivity contribution in [2.75, 3.05) is 13.7 Å². The van der Waals surface area contributed by atoms with Gasteiger partial charge in [0.1, 0.15) is 17.3 Å². The van der Waals surface area contributed by atoms with E-state index in [2.05, 4.69) is 17.2 Å². The molecule has 5 heteroatoms. The second kappa shape index (κ2) is 7.59. The van der Waals surface area contributed by atoms with Crippen molar-refractivity contribution in [1.82, 2.24) is 10.3 Å². The fourth-order valence-electron chi connectivity index (χ4n) is 1.84. The topological polar surface area (TPSA) is 43.4 Å². The van der Waals surface area contributed by atoms with Gasteiger partial charge in [-0.05, 0) is 43.3 Å². The zero-order valence-corrected chi connectivity index (χ0v) is 12.2. The van der Waals surface area contributed by atoms with Crippen molar-refractivity contribution in [1.29, 1.82) is 0 Å². The van der Waals surface area contributed by atoms with Gasteiger partial charge < -0.3 is 14.8 Å². The van der Waals surface area contributed by atoms with Crippen molar-refractivity contribution < 1.29 is 13.9 Å². The van der Waals surface area contributed by atoms with Crippen LogP contribution in [0.4, 0.5) is 4.39 Å². The molecule has 21 heavy (non-hydrogen) atoms. The van der Waals surface area contributed by atoms with Crippen LogP contribution in [0, 0.1) is 5.82 Å². The lowest BCUT2D eigenvalue weighted by atomic mass is 10.2. The van der Waals surface area contributed by atoms with Crippen LogP contribution in [-0.2, 0) is 6.54 Å². The molecule has 4 nitrogen and oxygen atoms in total. The summed E-state index contributed by atoms with van der Waals surface area (Å²) in [4.78, 5) is 4.03. The van der Waals surface area contributed by atoms with Crippen LogP contribution in [0.25, 0.3) is 0 Å². The Bertz CT molecular complexity index is 573. The van der Waals surface area contributed by atoms with Crippen LogP contribution in [-0.4, -0.2) is 18.6 Å². The fourth-order valence-corrected chi connectivity index (χ4v) is 1.84. The molecule has 0 radical (unpaired) electrons. The summed E-state index contributed by atoms with van der Waals surface area (Å²) in [6.45, 7) is 3.45. The van der Waals surface area contributed by atoms with Crippen molar-refractivity contribution in [3.05, 3.63) is 47.9 Å². The molecule has 1 heterocycles. The highest BCUT2D eigenvalue weighted by Crippen LogP contribution is 2.25. The molecule has 0 aliphatic carbocycles. The summed E-state index contributed by atoms with van der Waals surface area (Å²) in [7, 11) is 1.61. The molecule has 1 aromatic carbocycles. The molecular formula is C16H19FN2O2. The first-order chi connectivity index (χ1) is 10.2. The molecule has 0 saturated heterocycles. The molecular weight excluding hydrogens is 271 g/mol. The van der Waals surface area contributed by atoms with E-state index < -0.39 is 0 Å². The Labute approximate surface area is 123 Å². The van der Waals surface area contributed by atoms with Crippen LogP contribution in [0.15, 0.2) is 36.5 Å². The van der Waals surface area contributed by atoms with Crippen LogP contribution in [0.3, 0.4) is 0 Å². The molecule has 0 fully saturated rings. The lowest BCUT2D eigenvalue weighted by Gasteiger charge is -2.11. The second-order valence-electron chi connectivity index (χ2n) is 4.57. The first-order valence-electron chi connectivity index (χ1n) is 6.90. The average Bonchev–Trinajstić information content (AvgIpc) is 2.51. The molecule has 0 amide bonds. The molecule has 1 N–H and O–H groups in total. The van der Waals surface area contributed by atoms with Gasteiger partial charge in [-0.3, -0.25) is 0 Å². The zero-order valence-electron chi connectivity index (χ0n) is 12.2. The maximum Gasteiger partial charge on any atom is 0.223 e. The number of nitrogens with one attached hydrogen (secondary N) is 1. The van der Waals surface area contributed by atoms with Gasteiger partial charge in [0, 0.05) is 12.1 Å². The molecule has 2 rings (SSSR count). The first-order valence-corrected chi connectivity index (χ1v) is 6.90. The summed E-state index contributed by atoms with van der Waals surface area (Å²) in [5.41, 5.74) is 0.694. The van der Waals surface area contributed by atoms with Gasteiger partial charge in [0.05, 0.1) is 13.3 Å². The molecule has 0 aliphatic heterocycles. The van der Waals surface area contributed by atoms with Crippen LogP contribution in [0.2, 0.25) is 0 Å². The molecule has 0 spiro atoms. The number of benzene rings is 1. The summed E-state index contributed by atoms with van der Waals surface area (Å²) in [5, 5.41) is 3.22. The fraction of sp³-hybridized carbons (Fsp3) is 0.312. The largest absolute Gasteiger partial charge is 0.497 e. The van der Waals surface area contributed by atoms with E-state index >= 15 is 0 Å². The Morgan fingerprint density at radius 1 is 1.19 bits per heavy atom. The molecule has 0 aliphatic rings. The quantitative estimate of drug-likeness (QED) is 0.792. The molecule has 0 saturated carbocycles. The summed E-state index contributed by atoms with van der Waals surface area (Å²) in [6, 6.07) is 8.61. The Hall–Kier alpha value is -2.14. The Morgan fingerprint density at radius 3 is 2.57 bits per heavy atom. The number of methoxy groups -OCH3 is 1. The van der Waals surface area contributed by atoms with Crippen molar-refractivity contribution in [2.24, 2.45) is 0 Å². The van der Waals surface area contributed by atoms with Crippen LogP contribution >= 0.6 is 0 Å². The Balaban J connectivity index is 2.13. The van der Waals surface area contributed by atoms with E-state index in [0.717, 1.165) is 24.9 Å². The van der Waals surface area contributed by atoms with Crippen LogP contribution in [0.1, 0.15) is 18.9 Å². The third-order valence-electron chi connectivity index (χ3n) is 2.91. The summed E-state index contributed by atoms with van der Waals surface area (Å²) >= 11 is 0. The highest BCUT2D eigenvalue weighted by atomic mass is 19.1. The third kappa shape index (κ3) is 4.43. The van der Waals surface area contributed by atoms with Crippen molar-refractivity contribution in [2.45, 2.75) is 19.9 Å². The van der Waals surface area contributed by atoms with Gasteiger partial charge in [0.2, 0.25) is 5.88 Å². The highest BCUT2D eigenvalue weighted by molar-refractivity contribution is 5.36. The van der Waals surface area contributed by atoms with Crippen molar-refractivity contribution >= 4 is 0 Å². The number of aromatic nitrogens is 1. The zero-order chi connectivity index (χ0) is 15.1. The number of rotatable bonds is 7. The first kappa shape index (κ1) is 15.3. The maximum absolute atomic E-state index is 13.3. The van der Waals surface area contributed by atoms with Crippen LogP contribution in [0.5, 0.6) is 17.4 Å². The summed E-state index contributed by atoms with van der Waals surface area (Å²) in [6.07, 6.45) is 2.17.